The molecule has 0 amide bonds. The molecule has 1 unspecified atom stereocenters. The predicted molar refractivity (Wildman–Crippen MR) is 162 cm³/mol. The number of carbonyl (C=O) groups is 3. The molecule has 0 N–H and O–H groups in total. The first-order chi connectivity index (χ1) is 19.9. The Labute approximate surface area is 246 Å². The van der Waals surface area contributed by atoms with Crippen molar-refractivity contribution in [1.29, 1.82) is 0 Å². The van der Waals surface area contributed by atoms with Crippen molar-refractivity contribution in [1.82, 2.24) is 0 Å². The van der Waals surface area contributed by atoms with E-state index >= 15 is 0 Å². The largest absolute Gasteiger partial charge is 0.497 e. The number of hydrogen-bond acceptors (Lipinski definition) is 5. The van der Waals surface area contributed by atoms with Crippen molar-refractivity contribution in [2.45, 2.75) is 24.9 Å². The van der Waals surface area contributed by atoms with Gasteiger partial charge in [-0.3, -0.25) is 14.4 Å². The van der Waals surface area contributed by atoms with Crippen molar-refractivity contribution < 1.29 is 19.1 Å². The summed E-state index contributed by atoms with van der Waals surface area (Å²) in [5.41, 5.74) is 3.41. The lowest BCUT2D eigenvalue weighted by Gasteiger charge is -2.37. The molecule has 1 saturated heterocycles. The van der Waals surface area contributed by atoms with E-state index in [-0.39, 0.29) is 17.3 Å². The number of anilines is 1. The van der Waals surface area contributed by atoms with Crippen LogP contribution in [0.15, 0.2) is 102 Å². The van der Waals surface area contributed by atoms with Crippen LogP contribution in [0.5, 0.6) is 5.75 Å². The molecule has 6 heteroatoms. The Morgan fingerprint density at radius 1 is 0.878 bits per heavy atom. The Hall–Kier alpha value is -4.29. The number of Topliss-reactive ketones (excluding diaryl/α,β-unsaturated/α-hetero) is 3. The molecule has 0 bridgehead atoms. The van der Waals surface area contributed by atoms with E-state index in [1.165, 1.54) is 0 Å². The number of carbonyl (C=O) groups excluding carboxylic acids is 3. The fraction of sp³-hybridized carbons (Fsp3) is 0.171. The summed E-state index contributed by atoms with van der Waals surface area (Å²) < 4.78 is 6.32. The second-order valence-corrected chi connectivity index (χ2v) is 11.8. The standard InChI is InChI=1S/C35H26BrNO4/c1-20-10-16-28-22(18-20)13-17-29-35(33(39)26-8-3-4-9-27(26)34(35)40)30(21-11-14-24(36)15-12-21)31(37(28)29)32(38)23-6-5-7-25(19-23)41-2/h3-19,29-31H,1-2H3/t29?,30-,31+/m0/s1. The topological polar surface area (TPSA) is 63.7 Å². The lowest BCUT2D eigenvalue weighted by Crippen LogP contribution is -2.48. The fourth-order valence-corrected chi connectivity index (χ4v) is 7.35. The molecule has 4 aromatic rings. The van der Waals surface area contributed by atoms with Gasteiger partial charge in [-0.25, -0.2) is 0 Å². The molecule has 202 valence electrons. The zero-order chi connectivity index (χ0) is 28.5. The van der Waals surface area contributed by atoms with Gasteiger partial charge < -0.3 is 9.64 Å². The molecule has 3 atom stereocenters. The molecule has 7 rings (SSSR count). The molecule has 1 fully saturated rings. The maximum absolute atomic E-state index is 14.8. The van der Waals surface area contributed by atoms with Gasteiger partial charge in [-0.2, -0.15) is 0 Å². The lowest BCUT2D eigenvalue weighted by molar-refractivity contribution is 0.0666. The van der Waals surface area contributed by atoms with Crippen molar-refractivity contribution in [2.75, 3.05) is 12.0 Å². The Morgan fingerprint density at radius 3 is 2.27 bits per heavy atom. The van der Waals surface area contributed by atoms with Crippen LogP contribution in [0.2, 0.25) is 0 Å². The van der Waals surface area contributed by atoms with E-state index in [0.29, 0.717) is 22.4 Å². The lowest BCUT2D eigenvalue weighted by atomic mass is 9.64. The Kier molecular flexibility index (Phi) is 5.87. The zero-order valence-electron chi connectivity index (χ0n) is 22.5. The van der Waals surface area contributed by atoms with Crippen molar-refractivity contribution in [3.63, 3.8) is 0 Å². The normalized spacial score (nSPS) is 21.5. The summed E-state index contributed by atoms with van der Waals surface area (Å²) >= 11 is 3.53. The van der Waals surface area contributed by atoms with Crippen molar-refractivity contribution in [3.8, 4) is 5.75 Å². The van der Waals surface area contributed by atoms with Gasteiger partial charge in [0.15, 0.2) is 17.3 Å². The SMILES string of the molecule is COc1cccc(C(=O)[C@H]2[C@H](c3ccc(Br)cc3)C3(C(=O)c4ccccc4C3=O)C3C=Cc4cc(C)ccc4N32)c1. The highest BCUT2D eigenvalue weighted by molar-refractivity contribution is 9.10. The highest BCUT2D eigenvalue weighted by Gasteiger charge is 2.71. The monoisotopic (exact) mass is 603 g/mol. The molecule has 0 aromatic heterocycles. The van der Waals surface area contributed by atoms with Crippen molar-refractivity contribution in [3.05, 3.63) is 135 Å². The zero-order valence-corrected chi connectivity index (χ0v) is 24.1. The Morgan fingerprint density at radius 2 is 1.59 bits per heavy atom. The highest BCUT2D eigenvalue weighted by Crippen LogP contribution is 2.61. The second kappa shape index (κ2) is 9.38. The molecule has 1 spiro atoms. The van der Waals surface area contributed by atoms with Gasteiger partial charge in [0.2, 0.25) is 0 Å². The van der Waals surface area contributed by atoms with Gasteiger partial charge in [-0.1, -0.05) is 88.2 Å². The summed E-state index contributed by atoms with van der Waals surface area (Å²) in [7, 11) is 1.57. The maximum atomic E-state index is 14.8. The number of halogens is 1. The van der Waals surface area contributed by atoms with Crippen LogP contribution in [0.1, 0.15) is 53.7 Å². The number of ketones is 3. The predicted octanol–water partition coefficient (Wildman–Crippen LogP) is 7.08. The van der Waals surface area contributed by atoms with Crippen LogP contribution in [0.25, 0.3) is 6.08 Å². The number of fused-ring (bicyclic) bond motifs is 5. The molecular formula is C35H26BrNO4. The third kappa shape index (κ3) is 3.56. The first-order valence-electron chi connectivity index (χ1n) is 13.6. The van der Waals surface area contributed by atoms with Crippen molar-refractivity contribution in [2.24, 2.45) is 5.41 Å². The average molecular weight is 605 g/mol. The van der Waals surface area contributed by atoms with Gasteiger partial charge in [-0.05, 0) is 54.4 Å². The smallest absolute Gasteiger partial charge is 0.186 e. The average Bonchev–Trinajstić information content (AvgIpc) is 3.43. The van der Waals surface area contributed by atoms with Crippen LogP contribution in [-0.4, -0.2) is 36.5 Å². The number of hydrogen-bond donors (Lipinski definition) is 0. The number of nitrogens with zero attached hydrogens (tertiary/aromatic N) is 1. The minimum absolute atomic E-state index is 0.169. The molecule has 41 heavy (non-hydrogen) atoms. The molecule has 5 nitrogen and oxygen atoms in total. The number of methoxy groups -OCH3 is 1. The molecular weight excluding hydrogens is 578 g/mol. The third-order valence-electron chi connectivity index (χ3n) is 8.81. The van der Waals surface area contributed by atoms with Crippen LogP contribution >= 0.6 is 15.9 Å². The molecule has 2 aliphatic heterocycles. The summed E-state index contributed by atoms with van der Waals surface area (Å²) in [5, 5.41) is 0. The Balaban J connectivity index is 1.54. The summed E-state index contributed by atoms with van der Waals surface area (Å²) in [5.74, 6) is -0.819. The van der Waals surface area contributed by atoms with Gasteiger partial charge in [0.05, 0.1) is 13.2 Å². The van der Waals surface area contributed by atoms with Crippen LogP contribution < -0.4 is 9.64 Å². The molecule has 0 saturated carbocycles. The number of ether oxygens (including phenoxy) is 1. The first-order valence-corrected chi connectivity index (χ1v) is 14.3. The van der Waals surface area contributed by atoms with E-state index in [0.717, 1.165) is 26.9 Å². The molecule has 1 aliphatic carbocycles. The second-order valence-electron chi connectivity index (χ2n) is 10.9. The van der Waals surface area contributed by atoms with Crippen LogP contribution in [0.3, 0.4) is 0 Å². The quantitative estimate of drug-likeness (QED) is 0.184. The van der Waals surface area contributed by atoms with E-state index in [9.17, 15) is 14.4 Å². The minimum atomic E-state index is -1.52. The van der Waals surface area contributed by atoms with Gasteiger partial charge >= 0.3 is 0 Å². The van der Waals surface area contributed by atoms with Crippen LogP contribution in [-0.2, 0) is 0 Å². The van der Waals surface area contributed by atoms with Gasteiger partial charge in [-0.15, -0.1) is 0 Å². The molecule has 4 aromatic carbocycles. The van der Waals surface area contributed by atoms with Crippen LogP contribution in [0.4, 0.5) is 5.69 Å². The summed E-state index contributed by atoms with van der Waals surface area (Å²) in [6.45, 7) is 2.02. The molecule has 3 aliphatic rings. The summed E-state index contributed by atoms with van der Waals surface area (Å²) in [4.78, 5) is 46.2. The maximum Gasteiger partial charge on any atom is 0.186 e. The molecule has 0 radical (unpaired) electrons. The van der Waals surface area contributed by atoms with Crippen LogP contribution in [0, 0.1) is 12.3 Å². The van der Waals surface area contributed by atoms with E-state index in [1.54, 1.807) is 55.6 Å². The number of benzene rings is 4. The van der Waals surface area contributed by atoms with Gasteiger partial charge in [0.1, 0.15) is 17.2 Å². The fourth-order valence-electron chi connectivity index (χ4n) is 7.09. The number of aryl methyl sites for hydroxylation is 1. The Bertz CT molecular complexity index is 1760. The molecule has 2 heterocycles. The van der Waals surface area contributed by atoms with E-state index in [1.807, 2.05) is 60.4 Å². The van der Waals surface area contributed by atoms with E-state index < -0.39 is 23.4 Å². The van der Waals surface area contributed by atoms with E-state index in [4.69, 9.17) is 4.74 Å². The van der Waals surface area contributed by atoms with Gasteiger partial charge in [0, 0.05) is 32.8 Å². The summed E-state index contributed by atoms with van der Waals surface area (Å²) in [6.07, 6.45) is 3.94. The highest BCUT2D eigenvalue weighted by atomic mass is 79.9. The summed E-state index contributed by atoms with van der Waals surface area (Å²) in [6, 6.07) is 26.4. The number of rotatable bonds is 4. The first kappa shape index (κ1) is 25.7. The third-order valence-corrected chi connectivity index (χ3v) is 9.34. The van der Waals surface area contributed by atoms with Gasteiger partial charge in [0.25, 0.3) is 0 Å². The van der Waals surface area contributed by atoms with Crippen molar-refractivity contribution >= 4 is 45.0 Å². The minimum Gasteiger partial charge on any atom is -0.497 e. The van der Waals surface area contributed by atoms with E-state index in [2.05, 4.69) is 22.0 Å².